The van der Waals surface area contributed by atoms with Gasteiger partial charge >= 0.3 is 10.4 Å². The molecule has 428 valence electrons. The maximum Gasteiger partial charge on any atom is 0.397 e. The normalized spacial score (nSPS) is 13.0. The highest BCUT2D eigenvalue weighted by Gasteiger charge is 2.25. The van der Waals surface area contributed by atoms with Gasteiger partial charge in [0.05, 0.1) is 68.7 Å². The van der Waals surface area contributed by atoms with Gasteiger partial charge in [-0.05, 0) is 85.3 Å². The molecule has 0 amide bonds. The summed E-state index contributed by atoms with van der Waals surface area (Å²) in [7, 11) is -22.2. The zero-order valence-electron chi connectivity index (χ0n) is 40.3. The molecule has 1 aromatic heterocycles. The van der Waals surface area contributed by atoms with Crippen LogP contribution in [0.1, 0.15) is 5.56 Å². The van der Waals surface area contributed by atoms with Crippen molar-refractivity contribution in [2.75, 3.05) is 68.6 Å². The molecule has 5 aromatic carbocycles. The topological polar surface area (TPSA) is 456 Å². The van der Waals surface area contributed by atoms with Gasteiger partial charge in [-0.15, -0.1) is 0 Å². The van der Waals surface area contributed by atoms with Gasteiger partial charge in [-0.2, -0.15) is 33.6 Å². The van der Waals surface area contributed by atoms with E-state index in [1.165, 1.54) is 78.9 Å². The second-order valence-electron chi connectivity index (χ2n) is 15.4. The van der Waals surface area contributed by atoms with Crippen LogP contribution in [-0.2, 0) is 78.6 Å². The number of rotatable bonds is 32. The average molecular weight is 1250 g/mol. The van der Waals surface area contributed by atoms with Crippen LogP contribution in [0, 0.1) is 6.92 Å². The minimum atomic E-state index is -4.93. The van der Waals surface area contributed by atoms with E-state index in [0.29, 0.717) is 11.3 Å². The number of nitrogens with zero attached hydrogens (tertiary/aromatic N) is 5. The fourth-order valence-corrected chi connectivity index (χ4v) is 12.1. The van der Waals surface area contributed by atoms with Crippen molar-refractivity contribution < 1.29 is 81.2 Å². The molecule has 0 bridgehead atoms. The molecule has 1 heterocycles. The van der Waals surface area contributed by atoms with E-state index in [1.54, 1.807) is 13.0 Å². The second-order valence-corrected chi connectivity index (χ2v) is 24.9. The van der Waals surface area contributed by atoms with E-state index in [9.17, 15) is 50.9 Å². The molecule has 6 aromatic rings. The van der Waals surface area contributed by atoms with Crippen molar-refractivity contribution in [3.8, 4) is 0 Å². The summed E-state index contributed by atoms with van der Waals surface area (Å²) in [4.78, 5) is 12.0. The number of fused-ring (bicyclic) bond motifs is 1. The quantitative estimate of drug-likeness (QED) is 0.00938. The van der Waals surface area contributed by atoms with Crippen LogP contribution in [-0.4, -0.2) is 132 Å². The highest BCUT2D eigenvalue weighted by molar-refractivity contribution is 7.91. The number of azo groups is 1. The standard InChI is InChI=1S/C40H46N12O19S8/c1-26-21-29(11-12-35(26)52-51-30-24-34-33(37(25-30)78(63,64)44-16-20-71-79(65,66)67)9-4-10-36(34)77(61,62)43-15-19-70-74(55)56)47-40-49-38(45-27-5-2-7-31(22-27)75(57,58)41-13-17-68-72-53)48-39(50-40)46-28-6-3-8-32(23-28)76(59,60)42-14-18-69-73-54/h2-12,21-25,41-44,53-54H,13-20H2,1H3,(H,55,56)(H,65,66,67)(H3,45,46,47,48,49,50)/p-1. The van der Waals surface area contributed by atoms with Gasteiger partial charge in [0.2, 0.25) is 57.9 Å². The van der Waals surface area contributed by atoms with Crippen LogP contribution in [0.2, 0.25) is 0 Å². The molecule has 6 rings (SSSR count). The molecule has 0 aliphatic rings. The zero-order chi connectivity index (χ0) is 57.4. The van der Waals surface area contributed by atoms with Crippen molar-refractivity contribution in [3.63, 3.8) is 0 Å². The molecule has 0 aliphatic carbocycles. The van der Waals surface area contributed by atoms with Gasteiger partial charge in [-0.25, -0.2) is 61.0 Å². The number of sulfonamides is 4. The third kappa shape index (κ3) is 19.1. The Hall–Kier alpha value is -5.51. The fraction of sp³-hybridized carbons (Fsp3) is 0.225. The fourth-order valence-electron chi connectivity index (χ4n) is 6.63. The van der Waals surface area contributed by atoms with E-state index in [0.717, 1.165) is 12.1 Å². The lowest BCUT2D eigenvalue weighted by molar-refractivity contribution is 0.272. The third-order valence-corrected chi connectivity index (χ3v) is 17.2. The zero-order valence-corrected chi connectivity index (χ0v) is 46.8. The van der Waals surface area contributed by atoms with E-state index in [4.69, 9.17) is 22.0 Å². The van der Waals surface area contributed by atoms with E-state index >= 15 is 0 Å². The Morgan fingerprint density at radius 2 is 1.04 bits per heavy atom. The molecule has 0 radical (unpaired) electrons. The van der Waals surface area contributed by atoms with Crippen LogP contribution >= 0.6 is 24.6 Å². The number of hydrogen-bond donors (Lipinski definition) is 10. The minimum absolute atomic E-state index is 0.0825. The first-order valence-corrected chi connectivity index (χ1v) is 31.6. The van der Waals surface area contributed by atoms with E-state index < -0.39 is 97.9 Å². The van der Waals surface area contributed by atoms with E-state index in [2.05, 4.69) is 68.4 Å². The van der Waals surface area contributed by atoms with Crippen molar-refractivity contribution in [2.45, 2.75) is 26.5 Å². The van der Waals surface area contributed by atoms with Gasteiger partial charge < -0.3 is 29.6 Å². The highest BCUT2D eigenvalue weighted by Crippen LogP contribution is 2.35. The summed E-state index contributed by atoms with van der Waals surface area (Å²) in [5.74, 6) is -0.382. The molecule has 1 unspecified atom stereocenters. The summed E-state index contributed by atoms with van der Waals surface area (Å²) in [6, 6.07) is 21.8. The molecule has 31 nitrogen and oxygen atoms in total. The SMILES string of the molecule is Cc1cc(Nc2nc(Nc3cccc(S(=O)(=O)NCCOSO)c3)nc(Nc3cccc(S(=O)(=O)NCCOSO)c3)n2)ccc1N=Nc1cc(S(=O)(=O)NCCOS(=O)(=O)O)c2cccc(S(=O)(=O)NCCOS(=O)[O-])c2c1. The predicted octanol–water partition coefficient (Wildman–Crippen LogP) is 4.00. The summed E-state index contributed by atoms with van der Waals surface area (Å²) in [6.07, 6.45) is 0. The molecule has 0 saturated carbocycles. The lowest BCUT2D eigenvalue weighted by atomic mass is 10.1. The van der Waals surface area contributed by atoms with Crippen LogP contribution < -0.4 is 34.8 Å². The van der Waals surface area contributed by atoms with Crippen LogP contribution in [0.15, 0.2) is 127 Å². The summed E-state index contributed by atoms with van der Waals surface area (Å²) in [5.41, 5.74) is 1.22. The summed E-state index contributed by atoms with van der Waals surface area (Å²) >= 11 is -2.77. The number of nitrogens with one attached hydrogen (secondary N) is 7. The Morgan fingerprint density at radius 1 is 0.557 bits per heavy atom. The highest BCUT2D eigenvalue weighted by atomic mass is 32.3. The molecule has 0 aliphatic heterocycles. The van der Waals surface area contributed by atoms with Crippen molar-refractivity contribution >= 4 is 144 Å². The van der Waals surface area contributed by atoms with Crippen molar-refractivity contribution in [2.24, 2.45) is 10.2 Å². The predicted molar refractivity (Wildman–Crippen MR) is 287 cm³/mol. The molecular weight excluding hydrogens is 1210 g/mol. The molecule has 0 saturated heterocycles. The second kappa shape index (κ2) is 28.3. The lowest BCUT2D eigenvalue weighted by Gasteiger charge is -2.14. The number of aryl methyl sites for hydroxylation is 1. The van der Waals surface area contributed by atoms with Gasteiger partial charge in [-0.3, -0.25) is 17.1 Å². The van der Waals surface area contributed by atoms with Crippen LogP contribution in [0.5, 0.6) is 0 Å². The Labute approximate surface area is 463 Å². The largest absolute Gasteiger partial charge is 0.750 e. The van der Waals surface area contributed by atoms with Crippen LogP contribution in [0.25, 0.3) is 10.8 Å². The van der Waals surface area contributed by atoms with E-state index in [-0.39, 0.29) is 112 Å². The Morgan fingerprint density at radius 3 is 1.54 bits per heavy atom. The molecule has 1 atom stereocenters. The number of hydrogen-bond acceptors (Lipinski definition) is 28. The molecular formula is C40H45N12O19S8-. The average Bonchev–Trinajstić information content (AvgIpc) is 3.59. The van der Waals surface area contributed by atoms with E-state index in [1.807, 2.05) is 0 Å². The Balaban J connectivity index is 1.33. The Kier molecular flexibility index (Phi) is 22.4. The molecule has 0 spiro atoms. The van der Waals surface area contributed by atoms with Crippen molar-refractivity contribution in [3.05, 3.63) is 103 Å². The summed E-state index contributed by atoms with van der Waals surface area (Å²) < 4.78 is 204. The molecule has 79 heavy (non-hydrogen) atoms. The van der Waals surface area contributed by atoms with Crippen LogP contribution in [0.3, 0.4) is 0 Å². The number of aromatic nitrogens is 3. The molecule has 0 fully saturated rings. The number of benzene rings is 5. The number of anilines is 6. The smallest absolute Gasteiger partial charge is 0.397 e. The molecule has 10 N–H and O–H groups in total. The first-order valence-electron chi connectivity index (χ1n) is 21.9. The first kappa shape index (κ1) is 62.7. The van der Waals surface area contributed by atoms with Gasteiger partial charge in [0.1, 0.15) is 0 Å². The molecule has 39 heteroatoms. The van der Waals surface area contributed by atoms with Gasteiger partial charge in [0, 0.05) is 54.0 Å². The van der Waals surface area contributed by atoms with Crippen molar-refractivity contribution in [1.82, 2.24) is 33.8 Å². The minimum Gasteiger partial charge on any atom is -0.750 e. The maximum absolute atomic E-state index is 13.7. The third-order valence-electron chi connectivity index (χ3n) is 9.90. The first-order chi connectivity index (χ1) is 37.4. The maximum atomic E-state index is 13.7. The van der Waals surface area contributed by atoms with Gasteiger partial charge in [0.15, 0.2) is 24.6 Å². The lowest BCUT2D eigenvalue weighted by Crippen LogP contribution is -2.29. The van der Waals surface area contributed by atoms with Gasteiger partial charge in [-0.1, -0.05) is 24.3 Å². The summed E-state index contributed by atoms with van der Waals surface area (Å²) in [6.45, 7) is -1.52. The summed E-state index contributed by atoms with van der Waals surface area (Å²) in [5, 5.41) is 17.1. The van der Waals surface area contributed by atoms with Gasteiger partial charge in [0.25, 0.3) is 0 Å². The van der Waals surface area contributed by atoms with Crippen LogP contribution in [0.4, 0.5) is 46.3 Å². The monoisotopic (exact) mass is 1250 g/mol. The Bertz CT molecular complexity index is 3670. The van der Waals surface area contributed by atoms with Crippen molar-refractivity contribution in [1.29, 1.82) is 0 Å².